The highest BCUT2D eigenvalue weighted by Gasteiger charge is 2.05. The van der Waals surface area contributed by atoms with Crippen molar-refractivity contribution in [3.05, 3.63) is 26.0 Å². The van der Waals surface area contributed by atoms with Gasteiger partial charge in [-0.1, -0.05) is 161 Å². The topological polar surface area (TPSA) is 0 Å². The Labute approximate surface area is 193 Å². The molecule has 2 radical (unpaired) electrons. The quantitative estimate of drug-likeness (QED) is 0.102. The van der Waals surface area contributed by atoms with E-state index in [0.717, 1.165) is 18.8 Å². The fourth-order valence-corrected chi connectivity index (χ4v) is 4.48. The van der Waals surface area contributed by atoms with Gasteiger partial charge in [-0.25, -0.2) is 0 Å². The lowest BCUT2D eigenvalue weighted by Gasteiger charge is -2.14. The second kappa shape index (κ2) is 26.8. The molecule has 0 nitrogen and oxygen atoms in total. The molecule has 0 aliphatic rings. The number of unbranched alkanes of at least 4 members (excludes halogenated alkanes) is 18. The van der Waals surface area contributed by atoms with Crippen LogP contribution in [0.1, 0.15) is 161 Å². The Kier molecular flexibility index (Phi) is 26.5. The molecule has 0 N–H and O–H groups in total. The van der Waals surface area contributed by atoms with Crippen LogP contribution in [0.2, 0.25) is 0 Å². The van der Waals surface area contributed by atoms with Gasteiger partial charge in [0.2, 0.25) is 0 Å². The van der Waals surface area contributed by atoms with Crippen molar-refractivity contribution >= 4 is 0 Å². The van der Waals surface area contributed by atoms with Crippen LogP contribution >= 0.6 is 0 Å². The van der Waals surface area contributed by atoms with Gasteiger partial charge in [-0.3, -0.25) is 0 Å². The van der Waals surface area contributed by atoms with Crippen molar-refractivity contribution in [2.24, 2.45) is 5.92 Å². The zero-order valence-electron chi connectivity index (χ0n) is 21.1. The van der Waals surface area contributed by atoms with E-state index in [1.165, 1.54) is 141 Å². The van der Waals surface area contributed by atoms with E-state index in [4.69, 9.17) is 0 Å². The zero-order valence-corrected chi connectivity index (χ0v) is 21.1. The van der Waals surface area contributed by atoms with Crippen LogP contribution in [0, 0.1) is 19.8 Å². The molecule has 0 aromatic rings. The van der Waals surface area contributed by atoms with Gasteiger partial charge in [0.15, 0.2) is 0 Å². The Morgan fingerprint density at radius 3 is 1.30 bits per heavy atom. The van der Waals surface area contributed by atoms with E-state index in [0.29, 0.717) is 0 Å². The molecule has 0 aliphatic heterocycles. The fourth-order valence-electron chi connectivity index (χ4n) is 4.48. The molecule has 0 amide bonds. The summed E-state index contributed by atoms with van der Waals surface area (Å²) in [5, 5.41) is 0. The Morgan fingerprint density at radius 2 is 0.833 bits per heavy atom. The molecule has 0 bridgehead atoms. The van der Waals surface area contributed by atoms with Crippen LogP contribution in [0.25, 0.3) is 0 Å². The first-order chi connectivity index (χ1) is 14.8. The fraction of sp³-hybridized carbons (Fsp3) is 0.867. The van der Waals surface area contributed by atoms with Crippen molar-refractivity contribution in [3.8, 4) is 0 Å². The highest BCUT2D eigenvalue weighted by Crippen LogP contribution is 2.21. The summed E-state index contributed by atoms with van der Waals surface area (Å²) in [6, 6.07) is 0. The van der Waals surface area contributed by atoms with E-state index < -0.39 is 0 Å². The van der Waals surface area contributed by atoms with Crippen LogP contribution in [0.4, 0.5) is 0 Å². The first-order valence-corrected chi connectivity index (χ1v) is 14.1. The summed E-state index contributed by atoms with van der Waals surface area (Å²) in [5.74, 6) is 0.976. The Morgan fingerprint density at radius 1 is 0.467 bits per heavy atom. The van der Waals surface area contributed by atoms with Gasteiger partial charge in [0.25, 0.3) is 0 Å². The largest absolute Gasteiger partial charge is 0.0885 e. The molecule has 0 aromatic carbocycles. The summed E-state index contributed by atoms with van der Waals surface area (Å²) >= 11 is 0. The standard InChI is InChI=1S/C30H58/c1-4-7-9-11-13-15-17-18-19-21-23-25-27-29-30(6-3)28-26-24-22-20-16-14-12-10-8-5-2/h20,22,30H,1-2,4-19,21,23-29H2,3H3. The molecular formula is C30H58. The van der Waals surface area contributed by atoms with Crippen LogP contribution in [-0.2, 0) is 0 Å². The first kappa shape index (κ1) is 29.7. The van der Waals surface area contributed by atoms with Crippen molar-refractivity contribution in [1.82, 2.24) is 0 Å². The molecule has 1 unspecified atom stereocenters. The minimum atomic E-state index is 0.976. The molecule has 0 heteroatoms. The predicted octanol–water partition coefficient (Wildman–Crippen LogP) is 11.2. The van der Waals surface area contributed by atoms with Gasteiger partial charge in [-0.05, 0) is 31.6 Å². The van der Waals surface area contributed by atoms with Crippen molar-refractivity contribution in [2.45, 2.75) is 161 Å². The molecule has 0 aromatic heterocycles. The van der Waals surface area contributed by atoms with E-state index >= 15 is 0 Å². The van der Waals surface area contributed by atoms with E-state index in [-0.39, 0.29) is 0 Å². The molecular weight excluding hydrogens is 360 g/mol. The van der Waals surface area contributed by atoms with Gasteiger partial charge in [-0.2, -0.15) is 0 Å². The molecule has 0 aliphatic carbocycles. The van der Waals surface area contributed by atoms with E-state index in [1.54, 1.807) is 0 Å². The highest BCUT2D eigenvalue weighted by atomic mass is 14.1. The summed E-state index contributed by atoms with van der Waals surface area (Å²) < 4.78 is 0. The average molecular weight is 419 g/mol. The van der Waals surface area contributed by atoms with Crippen LogP contribution in [0.5, 0.6) is 0 Å². The predicted molar refractivity (Wildman–Crippen MR) is 140 cm³/mol. The lowest BCUT2D eigenvalue weighted by Crippen LogP contribution is -1.98. The lowest BCUT2D eigenvalue weighted by atomic mass is 9.92. The number of hydrogen-bond acceptors (Lipinski definition) is 0. The SMILES string of the molecule is [CH2]CCCCCCC=CCCCC(CC)CCCCCCCCCCCCCC[CH2]. The van der Waals surface area contributed by atoms with E-state index in [2.05, 4.69) is 32.9 Å². The minimum absolute atomic E-state index is 0.976. The van der Waals surface area contributed by atoms with Crippen molar-refractivity contribution in [2.75, 3.05) is 0 Å². The third-order valence-corrected chi connectivity index (χ3v) is 6.71. The van der Waals surface area contributed by atoms with Crippen molar-refractivity contribution in [1.29, 1.82) is 0 Å². The van der Waals surface area contributed by atoms with Gasteiger partial charge < -0.3 is 0 Å². The number of allylic oxidation sites excluding steroid dienone is 2. The smallest absolute Gasteiger partial charge is 0.0351 e. The van der Waals surface area contributed by atoms with E-state index in [9.17, 15) is 0 Å². The summed E-state index contributed by atoms with van der Waals surface area (Å²) in [5.41, 5.74) is 0. The normalized spacial score (nSPS) is 12.8. The van der Waals surface area contributed by atoms with Crippen LogP contribution < -0.4 is 0 Å². The zero-order chi connectivity index (χ0) is 22.0. The average Bonchev–Trinajstić information content (AvgIpc) is 2.76. The number of hydrogen-bond donors (Lipinski definition) is 0. The van der Waals surface area contributed by atoms with Gasteiger partial charge in [0, 0.05) is 0 Å². The van der Waals surface area contributed by atoms with Gasteiger partial charge in [0.05, 0.1) is 0 Å². The van der Waals surface area contributed by atoms with Crippen molar-refractivity contribution < 1.29 is 0 Å². The molecule has 1 atom stereocenters. The maximum atomic E-state index is 3.92. The van der Waals surface area contributed by atoms with Crippen molar-refractivity contribution in [3.63, 3.8) is 0 Å². The molecule has 178 valence electrons. The molecule has 0 spiro atoms. The molecule has 0 fully saturated rings. The molecule has 30 heavy (non-hydrogen) atoms. The van der Waals surface area contributed by atoms with Gasteiger partial charge in [0.1, 0.15) is 0 Å². The minimum Gasteiger partial charge on any atom is -0.0885 e. The summed E-state index contributed by atoms with van der Waals surface area (Å²) in [4.78, 5) is 0. The summed E-state index contributed by atoms with van der Waals surface area (Å²) in [7, 11) is 0. The molecule has 0 heterocycles. The third kappa shape index (κ3) is 24.0. The highest BCUT2D eigenvalue weighted by molar-refractivity contribution is 4.81. The van der Waals surface area contributed by atoms with Crippen LogP contribution in [-0.4, -0.2) is 0 Å². The molecule has 0 saturated carbocycles. The maximum Gasteiger partial charge on any atom is -0.0351 e. The Balaban J connectivity index is 3.33. The van der Waals surface area contributed by atoms with Crippen LogP contribution in [0.3, 0.4) is 0 Å². The Bertz CT molecular complexity index is 316. The first-order valence-electron chi connectivity index (χ1n) is 14.1. The molecule has 0 rings (SSSR count). The monoisotopic (exact) mass is 418 g/mol. The number of rotatable bonds is 25. The lowest BCUT2D eigenvalue weighted by molar-refractivity contribution is 0.402. The third-order valence-electron chi connectivity index (χ3n) is 6.71. The van der Waals surface area contributed by atoms with Gasteiger partial charge >= 0.3 is 0 Å². The second-order valence-corrected chi connectivity index (χ2v) is 9.62. The maximum absolute atomic E-state index is 3.92. The van der Waals surface area contributed by atoms with Gasteiger partial charge in [-0.15, -0.1) is 0 Å². The van der Waals surface area contributed by atoms with Crippen LogP contribution in [0.15, 0.2) is 12.2 Å². The second-order valence-electron chi connectivity index (χ2n) is 9.62. The summed E-state index contributed by atoms with van der Waals surface area (Å²) in [6.45, 7) is 10.2. The Hall–Kier alpha value is -0.260. The summed E-state index contributed by atoms with van der Waals surface area (Å²) in [6.07, 6.45) is 38.1. The van der Waals surface area contributed by atoms with E-state index in [1.807, 2.05) is 0 Å². The molecule has 0 saturated heterocycles.